The van der Waals surface area contributed by atoms with Crippen molar-refractivity contribution in [3.05, 3.63) is 72.8 Å². The smallest absolute Gasteiger partial charge is 0.234 e. The number of amides is 1. The van der Waals surface area contributed by atoms with E-state index in [0.29, 0.717) is 5.82 Å². The van der Waals surface area contributed by atoms with Crippen LogP contribution >= 0.6 is 11.8 Å². The molecule has 0 aliphatic rings. The first-order chi connectivity index (χ1) is 15.5. The van der Waals surface area contributed by atoms with Crippen LogP contribution in [0.2, 0.25) is 0 Å². The fraction of sp³-hybridized carbons (Fsp3) is 0.160. The lowest BCUT2D eigenvalue weighted by Crippen LogP contribution is -2.14. The van der Waals surface area contributed by atoms with E-state index in [2.05, 4.69) is 5.32 Å². The standard InChI is InChI=1S/C25H24N4O2S/c1-29(2)19-11-9-18(10-12-19)26-23(30)16-32-25-21-15-20(31-3)13-14-22(21)27-24(28-25)17-7-5-4-6-8-17/h4-15H,16H2,1-3H3,(H,26,30). The molecule has 3 aromatic carbocycles. The molecule has 1 N–H and O–H groups in total. The van der Waals surface area contributed by atoms with Gasteiger partial charge in [-0.1, -0.05) is 42.1 Å². The second kappa shape index (κ2) is 9.70. The molecule has 0 saturated carbocycles. The quantitative estimate of drug-likeness (QED) is 0.316. The molecule has 0 aliphatic carbocycles. The van der Waals surface area contributed by atoms with Crippen LogP contribution in [0.5, 0.6) is 5.75 Å². The molecule has 0 bridgehead atoms. The third kappa shape index (κ3) is 5.00. The summed E-state index contributed by atoms with van der Waals surface area (Å²) in [6.07, 6.45) is 0. The number of nitrogens with zero attached hydrogens (tertiary/aromatic N) is 3. The van der Waals surface area contributed by atoms with Gasteiger partial charge in [-0.2, -0.15) is 0 Å². The average Bonchev–Trinajstić information content (AvgIpc) is 2.83. The number of carbonyl (C=O) groups excluding carboxylic acids is 1. The summed E-state index contributed by atoms with van der Waals surface area (Å²) in [6, 6.07) is 23.3. The van der Waals surface area contributed by atoms with Gasteiger partial charge in [0.1, 0.15) is 10.8 Å². The molecule has 4 rings (SSSR count). The zero-order valence-corrected chi connectivity index (χ0v) is 19.0. The molecule has 0 saturated heterocycles. The number of hydrogen-bond acceptors (Lipinski definition) is 6. The van der Waals surface area contributed by atoms with Gasteiger partial charge in [0.05, 0.1) is 18.4 Å². The van der Waals surface area contributed by atoms with Crippen molar-refractivity contribution in [1.82, 2.24) is 9.97 Å². The summed E-state index contributed by atoms with van der Waals surface area (Å²) in [5, 5.41) is 4.55. The Hall–Kier alpha value is -3.58. The molecule has 0 aliphatic heterocycles. The lowest BCUT2D eigenvalue weighted by Gasteiger charge is -2.13. The van der Waals surface area contributed by atoms with E-state index in [9.17, 15) is 4.79 Å². The van der Waals surface area contributed by atoms with E-state index >= 15 is 0 Å². The molecule has 0 unspecified atom stereocenters. The van der Waals surface area contributed by atoms with Gasteiger partial charge in [-0.15, -0.1) is 0 Å². The van der Waals surface area contributed by atoms with Gasteiger partial charge in [-0.3, -0.25) is 4.79 Å². The Kier molecular flexibility index (Phi) is 6.56. The van der Waals surface area contributed by atoms with Gasteiger partial charge >= 0.3 is 0 Å². The van der Waals surface area contributed by atoms with E-state index in [0.717, 1.165) is 38.6 Å². The minimum atomic E-state index is -0.0940. The molecule has 0 atom stereocenters. The zero-order chi connectivity index (χ0) is 22.5. The summed E-state index contributed by atoms with van der Waals surface area (Å²) in [5.41, 5.74) is 3.58. The second-order valence-corrected chi connectivity index (χ2v) is 8.34. The Morgan fingerprint density at radius 3 is 2.44 bits per heavy atom. The summed E-state index contributed by atoms with van der Waals surface area (Å²) >= 11 is 1.39. The zero-order valence-electron chi connectivity index (χ0n) is 18.2. The van der Waals surface area contributed by atoms with Crippen molar-refractivity contribution in [2.24, 2.45) is 0 Å². The van der Waals surface area contributed by atoms with Crippen LogP contribution in [0.1, 0.15) is 0 Å². The maximum Gasteiger partial charge on any atom is 0.234 e. The van der Waals surface area contributed by atoms with Crippen molar-refractivity contribution in [2.75, 3.05) is 37.2 Å². The first-order valence-corrected chi connectivity index (χ1v) is 11.1. The first kappa shape index (κ1) is 21.6. The highest BCUT2D eigenvalue weighted by atomic mass is 32.2. The van der Waals surface area contributed by atoms with E-state index in [4.69, 9.17) is 14.7 Å². The molecule has 4 aromatic rings. The Morgan fingerprint density at radius 1 is 1.00 bits per heavy atom. The van der Waals surface area contributed by atoms with Crippen molar-refractivity contribution >= 4 is 39.9 Å². The Bertz CT molecular complexity index is 1230. The molecule has 0 radical (unpaired) electrons. The highest BCUT2D eigenvalue weighted by Crippen LogP contribution is 2.31. The molecule has 162 valence electrons. The van der Waals surface area contributed by atoms with Crippen molar-refractivity contribution in [1.29, 1.82) is 0 Å². The number of rotatable bonds is 7. The Morgan fingerprint density at radius 2 is 1.75 bits per heavy atom. The van der Waals surface area contributed by atoms with Crippen LogP contribution in [0.25, 0.3) is 22.3 Å². The summed E-state index contributed by atoms with van der Waals surface area (Å²) in [4.78, 5) is 24.1. The van der Waals surface area contributed by atoms with Crippen molar-refractivity contribution < 1.29 is 9.53 Å². The van der Waals surface area contributed by atoms with Gasteiger partial charge in [-0.05, 0) is 42.5 Å². The normalized spacial score (nSPS) is 10.7. The summed E-state index contributed by atoms with van der Waals surface area (Å²) in [6.45, 7) is 0. The minimum Gasteiger partial charge on any atom is -0.497 e. The lowest BCUT2D eigenvalue weighted by atomic mass is 10.2. The van der Waals surface area contributed by atoms with Crippen LogP contribution in [0.3, 0.4) is 0 Å². The number of methoxy groups -OCH3 is 1. The van der Waals surface area contributed by atoms with Crippen LogP contribution in [-0.2, 0) is 4.79 Å². The number of nitrogens with one attached hydrogen (secondary N) is 1. The van der Waals surface area contributed by atoms with Gasteiger partial charge < -0.3 is 15.0 Å². The number of hydrogen-bond donors (Lipinski definition) is 1. The van der Waals surface area contributed by atoms with E-state index in [1.807, 2.05) is 91.8 Å². The van der Waals surface area contributed by atoms with Crippen molar-refractivity contribution in [3.8, 4) is 17.1 Å². The number of ether oxygens (including phenoxy) is 1. The maximum atomic E-state index is 12.6. The van der Waals surface area contributed by atoms with Crippen LogP contribution in [0, 0.1) is 0 Å². The van der Waals surface area contributed by atoms with Crippen LogP contribution < -0.4 is 15.0 Å². The number of carbonyl (C=O) groups is 1. The highest BCUT2D eigenvalue weighted by Gasteiger charge is 2.13. The average molecular weight is 445 g/mol. The van der Waals surface area contributed by atoms with Gasteiger partial charge in [0.15, 0.2) is 5.82 Å². The van der Waals surface area contributed by atoms with Gasteiger partial charge in [0.2, 0.25) is 5.91 Å². The molecule has 1 heterocycles. The fourth-order valence-corrected chi connectivity index (χ4v) is 4.02. The van der Waals surface area contributed by atoms with Crippen molar-refractivity contribution in [2.45, 2.75) is 5.03 Å². The highest BCUT2D eigenvalue weighted by molar-refractivity contribution is 8.00. The Balaban J connectivity index is 1.57. The maximum absolute atomic E-state index is 12.6. The van der Waals surface area contributed by atoms with E-state index in [1.54, 1.807) is 7.11 Å². The van der Waals surface area contributed by atoms with E-state index < -0.39 is 0 Å². The first-order valence-electron chi connectivity index (χ1n) is 10.1. The van der Waals surface area contributed by atoms with Gasteiger partial charge in [0.25, 0.3) is 0 Å². The molecule has 1 aromatic heterocycles. The summed E-state index contributed by atoms with van der Waals surface area (Å²) in [5.74, 6) is 1.49. The van der Waals surface area contributed by atoms with Crippen LogP contribution in [0.15, 0.2) is 77.8 Å². The molecular weight excluding hydrogens is 420 g/mol. The summed E-state index contributed by atoms with van der Waals surface area (Å²) in [7, 11) is 5.59. The molecular formula is C25H24N4O2S. The monoisotopic (exact) mass is 444 g/mol. The third-order valence-corrected chi connectivity index (χ3v) is 5.90. The van der Waals surface area contributed by atoms with Crippen molar-refractivity contribution in [3.63, 3.8) is 0 Å². The molecule has 32 heavy (non-hydrogen) atoms. The second-order valence-electron chi connectivity index (χ2n) is 7.38. The van der Waals surface area contributed by atoms with Crippen LogP contribution in [0.4, 0.5) is 11.4 Å². The number of aromatic nitrogens is 2. The minimum absolute atomic E-state index is 0.0940. The van der Waals surface area contributed by atoms with Gasteiger partial charge in [-0.25, -0.2) is 9.97 Å². The third-order valence-electron chi connectivity index (χ3n) is 4.91. The lowest BCUT2D eigenvalue weighted by molar-refractivity contribution is -0.113. The topological polar surface area (TPSA) is 67.3 Å². The fourth-order valence-electron chi connectivity index (χ4n) is 3.21. The molecule has 1 amide bonds. The summed E-state index contributed by atoms with van der Waals surface area (Å²) < 4.78 is 5.38. The Labute approximate surface area is 191 Å². The van der Waals surface area contributed by atoms with Crippen LogP contribution in [-0.4, -0.2) is 42.8 Å². The molecule has 0 spiro atoms. The molecule has 6 nitrogen and oxygen atoms in total. The van der Waals surface area contributed by atoms with E-state index in [-0.39, 0.29) is 11.7 Å². The van der Waals surface area contributed by atoms with Gasteiger partial charge in [0, 0.05) is 36.4 Å². The number of benzene rings is 3. The number of anilines is 2. The predicted molar refractivity (Wildman–Crippen MR) is 132 cm³/mol. The molecule has 7 heteroatoms. The van der Waals surface area contributed by atoms with E-state index in [1.165, 1.54) is 11.8 Å². The largest absolute Gasteiger partial charge is 0.497 e. The molecule has 0 fully saturated rings. The SMILES string of the molecule is COc1ccc2nc(-c3ccccc3)nc(SCC(=O)Nc3ccc(N(C)C)cc3)c2c1. The number of fused-ring (bicyclic) bond motifs is 1. The predicted octanol–water partition coefficient (Wildman–Crippen LogP) is 5.10. The number of thioether (sulfide) groups is 1.